The molecule has 1 aliphatic rings. The first kappa shape index (κ1) is 19.5. The molecule has 1 aliphatic heterocycles. The number of nitrogens with zero attached hydrogens (tertiary/aromatic N) is 2. The smallest absolute Gasteiger partial charge is 0.293 e. The van der Waals surface area contributed by atoms with Gasteiger partial charge in [-0.15, -0.1) is 0 Å². The van der Waals surface area contributed by atoms with Crippen molar-refractivity contribution in [2.45, 2.75) is 24.8 Å². The second-order valence-corrected chi connectivity index (χ2v) is 8.40. The van der Waals surface area contributed by atoms with Crippen LogP contribution in [0.25, 0.3) is 0 Å². The van der Waals surface area contributed by atoms with Gasteiger partial charge in [0.25, 0.3) is 5.91 Å². The lowest BCUT2D eigenvalue weighted by Gasteiger charge is -2.26. The summed E-state index contributed by atoms with van der Waals surface area (Å²) < 4.78 is 34.0. The van der Waals surface area contributed by atoms with Crippen molar-refractivity contribution >= 4 is 21.6 Å². The molecule has 3 rings (SSSR count). The van der Waals surface area contributed by atoms with Gasteiger partial charge in [-0.3, -0.25) is 4.79 Å². The van der Waals surface area contributed by atoms with Crippen LogP contribution in [-0.4, -0.2) is 44.9 Å². The number of hydrogen-bond acceptors (Lipinski definition) is 4. The third-order valence-electron chi connectivity index (χ3n) is 4.61. The number of ether oxygens (including phenoxy) is 1. The van der Waals surface area contributed by atoms with Crippen LogP contribution >= 0.6 is 0 Å². The van der Waals surface area contributed by atoms with Gasteiger partial charge in [0.05, 0.1) is 18.1 Å². The Morgan fingerprint density at radius 1 is 1.19 bits per heavy atom. The van der Waals surface area contributed by atoms with E-state index in [4.69, 9.17) is 4.74 Å². The van der Waals surface area contributed by atoms with Crippen LogP contribution in [0.1, 0.15) is 18.7 Å². The fourth-order valence-electron chi connectivity index (χ4n) is 3.02. The molecule has 27 heavy (non-hydrogen) atoms. The summed E-state index contributed by atoms with van der Waals surface area (Å²) in [7, 11) is -3.60. The van der Waals surface area contributed by atoms with Crippen molar-refractivity contribution in [3.8, 4) is 0 Å². The number of carbonyl (C=O) groups is 1. The molecule has 2 heterocycles. The molecule has 7 nitrogen and oxygen atoms in total. The van der Waals surface area contributed by atoms with Crippen LogP contribution in [0.15, 0.2) is 53.6 Å². The second kappa shape index (κ2) is 8.16. The number of amides is 1. The predicted molar refractivity (Wildman–Crippen MR) is 101 cm³/mol. The Morgan fingerprint density at radius 2 is 1.93 bits per heavy atom. The van der Waals surface area contributed by atoms with Crippen molar-refractivity contribution in [2.75, 3.05) is 31.6 Å². The van der Waals surface area contributed by atoms with Gasteiger partial charge in [0.2, 0.25) is 16.1 Å². The van der Waals surface area contributed by atoms with Crippen LogP contribution < -0.4 is 9.88 Å². The monoisotopic (exact) mass is 390 g/mol. The van der Waals surface area contributed by atoms with Gasteiger partial charge in [-0.05, 0) is 18.2 Å². The highest BCUT2D eigenvalue weighted by Crippen LogP contribution is 2.21. The number of carbonyl (C=O) groups excluding carboxylic acids is 1. The van der Waals surface area contributed by atoms with Crippen molar-refractivity contribution in [2.24, 2.45) is 0 Å². The lowest BCUT2D eigenvalue weighted by molar-refractivity contribution is -0.711. The molecule has 0 unspecified atom stereocenters. The minimum atomic E-state index is -3.60. The van der Waals surface area contributed by atoms with E-state index >= 15 is 0 Å². The molecule has 0 spiro atoms. The first-order chi connectivity index (χ1) is 12.9. The number of morpholine rings is 1. The van der Waals surface area contributed by atoms with Gasteiger partial charge in [-0.25, -0.2) is 8.42 Å². The molecule has 0 radical (unpaired) electrons. The maximum atomic E-state index is 12.8. The van der Waals surface area contributed by atoms with Gasteiger partial charge in [0, 0.05) is 44.8 Å². The fourth-order valence-corrected chi connectivity index (χ4v) is 4.47. The molecule has 0 saturated carbocycles. The zero-order valence-electron chi connectivity index (χ0n) is 15.5. The Balaban J connectivity index is 1.77. The molecule has 1 N–H and O–H groups in total. The van der Waals surface area contributed by atoms with E-state index in [-0.39, 0.29) is 10.8 Å². The van der Waals surface area contributed by atoms with Crippen LogP contribution in [0.4, 0.5) is 5.69 Å². The summed E-state index contributed by atoms with van der Waals surface area (Å²) in [6.07, 6.45) is 1.85. The van der Waals surface area contributed by atoms with Crippen molar-refractivity contribution in [3.05, 3.63) is 54.4 Å². The zero-order valence-corrected chi connectivity index (χ0v) is 16.3. The molecule has 1 amide bonds. The number of anilines is 1. The molecule has 1 fully saturated rings. The normalized spacial score (nSPS) is 16.7. The maximum Gasteiger partial charge on any atom is 0.293 e. The zero-order chi connectivity index (χ0) is 19.4. The summed E-state index contributed by atoms with van der Waals surface area (Å²) in [6.45, 7) is 5.18. The molecular formula is C19H24N3O4S+. The number of aromatic nitrogens is 1. The average Bonchev–Trinajstić information content (AvgIpc) is 2.68. The van der Waals surface area contributed by atoms with Crippen LogP contribution in [0, 0.1) is 6.92 Å². The van der Waals surface area contributed by atoms with E-state index < -0.39 is 16.1 Å². The molecule has 0 bridgehead atoms. The number of pyridine rings is 1. The van der Waals surface area contributed by atoms with Crippen molar-refractivity contribution in [3.63, 3.8) is 0 Å². The summed E-state index contributed by atoms with van der Waals surface area (Å²) in [6, 6.07) is 11.6. The van der Waals surface area contributed by atoms with E-state index in [2.05, 4.69) is 5.32 Å². The van der Waals surface area contributed by atoms with Gasteiger partial charge >= 0.3 is 0 Å². The van der Waals surface area contributed by atoms with E-state index in [0.29, 0.717) is 32.0 Å². The minimum absolute atomic E-state index is 0.165. The van der Waals surface area contributed by atoms with Crippen molar-refractivity contribution < 1.29 is 22.5 Å². The molecule has 8 heteroatoms. The third-order valence-corrected chi connectivity index (χ3v) is 6.50. The van der Waals surface area contributed by atoms with Crippen LogP contribution in [0.5, 0.6) is 0 Å². The largest absolute Gasteiger partial charge is 0.379 e. The SMILES string of the molecule is Cc1cccc[n+]1[C@H](C)C(=O)Nc1cccc(S(=O)(=O)N2CCOCC2)c1. The molecule has 1 aromatic heterocycles. The van der Waals surface area contributed by atoms with Crippen LogP contribution in [0.3, 0.4) is 0 Å². The maximum absolute atomic E-state index is 12.8. The molecule has 144 valence electrons. The average molecular weight is 390 g/mol. The Bertz CT molecular complexity index is 924. The summed E-state index contributed by atoms with van der Waals surface area (Å²) >= 11 is 0. The van der Waals surface area contributed by atoms with Gasteiger partial charge in [0.1, 0.15) is 0 Å². The fraction of sp³-hybridized carbons (Fsp3) is 0.368. The Labute approximate surface area is 159 Å². The topological polar surface area (TPSA) is 79.6 Å². The molecule has 1 atom stereocenters. The molecule has 1 aromatic carbocycles. The van der Waals surface area contributed by atoms with E-state index in [1.807, 2.05) is 35.9 Å². The first-order valence-electron chi connectivity index (χ1n) is 8.85. The van der Waals surface area contributed by atoms with Crippen molar-refractivity contribution in [1.82, 2.24) is 4.31 Å². The molecular weight excluding hydrogens is 366 g/mol. The first-order valence-corrected chi connectivity index (χ1v) is 10.3. The van der Waals surface area contributed by atoms with Gasteiger partial charge < -0.3 is 10.1 Å². The van der Waals surface area contributed by atoms with Gasteiger partial charge in [-0.1, -0.05) is 12.1 Å². The number of nitrogens with one attached hydrogen (secondary N) is 1. The highest BCUT2D eigenvalue weighted by molar-refractivity contribution is 7.89. The number of aryl methyl sites for hydroxylation is 1. The van der Waals surface area contributed by atoms with Crippen LogP contribution in [-0.2, 0) is 19.6 Å². The Morgan fingerprint density at radius 3 is 2.63 bits per heavy atom. The Kier molecular flexibility index (Phi) is 5.88. The molecule has 1 saturated heterocycles. The molecule has 0 aliphatic carbocycles. The number of sulfonamides is 1. The highest BCUT2D eigenvalue weighted by Gasteiger charge is 2.27. The van der Waals surface area contributed by atoms with Crippen LogP contribution in [0.2, 0.25) is 0 Å². The number of rotatable bonds is 5. The number of benzene rings is 1. The number of hydrogen-bond donors (Lipinski definition) is 1. The summed E-state index contributed by atoms with van der Waals surface area (Å²) in [5, 5.41) is 2.82. The van der Waals surface area contributed by atoms with Crippen molar-refractivity contribution in [1.29, 1.82) is 0 Å². The second-order valence-electron chi connectivity index (χ2n) is 6.46. The molecule has 2 aromatic rings. The third kappa shape index (κ3) is 4.35. The Hall–Kier alpha value is -2.29. The summed E-state index contributed by atoms with van der Waals surface area (Å²) in [5.41, 5.74) is 1.42. The van der Waals surface area contributed by atoms with E-state index in [1.54, 1.807) is 25.1 Å². The van der Waals surface area contributed by atoms with E-state index in [9.17, 15) is 13.2 Å². The quantitative estimate of drug-likeness (QED) is 0.785. The van der Waals surface area contributed by atoms with Gasteiger partial charge in [-0.2, -0.15) is 8.87 Å². The lowest BCUT2D eigenvalue weighted by atomic mass is 10.2. The standard InChI is InChI=1S/C19H23N3O4S/c1-15-6-3-4-9-22(15)16(2)19(23)20-17-7-5-8-18(14-17)27(24,25)21-10-12-26-13-11-21/h3-9,14,16H,10-13H2,1-2H3/p+1/t16-/m1/s1. The summed E-state index contributed by atoms with van der Waals surface area (Å²) in [5.74, 6) is -0.213. The van der Waals surface area contributed by atoms with Gasteiger partial charge in [0.15, 0.2) is 11.9 Å². The lowest BCUT2D eigenvalue weighted by Crippen LogP contribution is -2.46. The van der Waals surface area contributed by atoms with E-state index in [0.717, 1.165) is 5.69 Å². The summed E-state index contributed by atoms with van der Waals surface area (Å²) in [4.78, 5) is 12.8. The van der Waals surface area contributed by atoms with E-state index in [1.165, 1.54) is 10.4 Å². The highest BCUT2D eigenvalue weighted by atomic mass is 32.2. The predicted octanol–water partition coefficient (Wildman–Crippen LogP) is 1.50. The minimum Gasteiger partial charge on any atom is -0.379 e.